The molecule has 0 aliphatic heterocycles. The summed E-state index contributed by atoms with van der Waals surface area (Å²) in [7, 11) is 2.11. The number of hydrogen-bond donors (Lipinski definition) is 0. The average molecular weight is 346 g/mol. The zero-order valence-corrected chi connectivity index (χ0v) is 14.8. The third-order valence-corrected chi connectivity index (χ3v) is 5.32. The van der Waals surface area contributed by atoms with E-state index in [2.05, 4.69) is 68.5 Å². The van der Waals surface area contributed by atoms with E-state index in [9.17, 15) is 0 Å². The molecule has 0 bridgehead atoms. The van der Waals surface area contributed by atoms with Crippen molar-refractivity contribution in [1.29, 1.82) is 0 Å². The van der Waals surface area contributed by atoms with Crippen LogP contribution >= 0.6 is 0 Å². The van der Waals surface area contributed by atoms with E-state index in [0.29, 0.717) is 0 Å². The van der Waals surface area contributed by atoms with Gasteiger partial charge in [-0.15, -0.1) is 0 Å². The molecule has 0 atom stereocenters. The molecule has 0 radical (unpaired) electrons. The molecule has 0 N–H and O–H groups in total. The third-order valence-electron chi connectivity index (χ3n) is 5.32. The first-order valence-electron chi connectivity index (χ1n) is 9.11. The molecule has 0 aliphatic carbocycles. The summed E-state index contributed by atoms with van der Waals surface area (Å²) >= 11 is 0. The van der Waals surface area contributed by atoms with Crippen LogP contribution < -0.4 is 5.46 Å². The Hall–Kier alpha value is -3.46. The Morgan fingerprint density at radius 3 is 1.85 bits per heavy atom. The van der Waals surface area contributed by atoms with Gasteiger partial charge in [-0.05, 0) is 35.4 Å². The molecule has 4 aromatic carbocycles. The summed E-state index contributed by atoms with van der Waals surface area (Å²) in [4.78, 5) is 0. The van der Waals surface area contributed by atoms with E-state index >= 15 is 0 Å². The lowest BCUT2D eigenvalue weighted by Crippen LogP contribution is -1.98. The summed E-state index contributed by atoms with van der Waals surface area (Å²) in [6.45, 7) is 0. The number of hydrogen-bond acceptors (Lipinski definition) is 2. The summed E-state index contributed by atoms with van der Waals surface area (Å²) in [6, 6.07) is 27.4. The highest BCUT2D eigenvalue weighted by Gasteiger charge is 2.14. The summed E-state index contributed by atoms with van der Waals surface area (Å²) in [5.41, 5.74) is 7.17. The topological polar surface area (TPSA) is 26.3 Å². The Morgan fingerprint density at radius 2 is 1.11 bits per heavy atom. The molecule has 2 nitrogen and oxygen atoms in total. The lowest BCUT2D eigenvalue weighted by molar-refractivity contribution is 0.656. The summed E-state index contributed by atoms with van der Waals surface area (Å²) < 4.78 is 12.2. The van der Waals surface area contributed by atoms with Gasteiger partial charge >= 0.3 is 0 Å². The Labute approximate surface area is 156 Å². The highest BCUT2D eigenvalue weighted by atomic mass is 16.3. The van der Waals surface area contributed by atoms with Crippen molar-refractivity contribution >= 4 is 57.2 Å². The SMILES string of the molecule is Bc1ccc2oc3cc4oc5ccc(-c6ccccc6)cc5c4cc3c2c1. The third kappa shape index (κ3) is 2.15. The molecule has 0 amide bonds. The molecule has 2 aromatic heterocycles. The Morgan fingerprint density at radius 1 is 0.481 bits per heavy atom. The first kappa shape index (κ1) is 14.7. The van der Waals surface area contributed by atoms with Crippen molar-refractivity contribution in [3.8, 4) is 11.1 Å². The zero-order valence-electron chi connectivity index (χ0n) is 14.8. The van der Waals surface area contributed by atoms with Crippen molar-refractivity contribution in [2.24, 2.45) is 0 Å². The highest BCUT2D eigenvalue weighted by molar-refractivity contribution is 6.33. The molecule has 6 aromatic rings. The molecule has 0 spiro atoms. The van der Waals surface area contributed by atoms with Crippen molar-refractivity contribution in [1.82, 2.24) is 0 Å². The number of fused-ring (bicyclic) bond motifs is 6. The van der Waals surface area contributed by atoms with Crippen molar-refractivity contribution in [2.75, 3.05) is 0 Å². The number of furan rings is 2. The quantitative estimate of drug-likeness (QED) is 0.372. The lowest BCUT2D eigenvalue weighted by atomic mass is 9.94. The lowest BCUT2D eigenvalue weighted by Gasteiger charge is -2.01. The molecule has 126 valence electrons. The normalized spacial score (nSPS) is 11.9. The van der Waals surface area contributed by atoms with Crippen LogP contribution in [0.15, 0.2) is 87.7 Å². The largest absolute Gasteiger partial charge is 0.456 e. The van der Waals surface area contributed by atoms with Crippen LogP contribution in [0.3, 0.4) is 0 Å². The summed E-state index contributed by atoms with van der Waals surface area (Å²) in [5, 5.41) is 4.55. The second-order valence-electron chi connectivity index (χ2n) is 7.13. The Kier molecular flexibility index (Phi) is 2.87. The minimum absolute atomic E-state index is 0.860. The van der Waals surface area contributed by atoms with Crippen LogP contribution in [0, 0.1) is 0 Å². The zero-order chi connectivity index (χ0) is 18.0. The molecule has 0 saturated carbocycles. The maximum atomic E-state index is 6.11. The van der Waals surface area contributed by atoms with E-state index in [1.807, 2.05) is 18.2 Å². The van der Waals surface area contributed by atoms with Crippen molar-refractivity contribution < 1.29 is 8.83 Å². The van der Waals surface area contributed by atoms with Gasteiger partial charge in [-0.3, -0.25) is 0 Å². The monoisotopic (exact) mass is 346 g/mol. The van der Waals surface area contributed by atoms with E-state index in [1.54, 1.807) is 0 Å². The van der Waals surface area contributed by atoms with Crippen LogP contribution in [0.2, 0.25) is 0 Å². The van der Waals surface area contributed by atoms with Crippen molar-refractivity contribution in [3.05, 3.63) is 78.9 Å². The second kappa shape index (κ2) is 5.27. The maximum Gasteiger partial charge on any atom is 0.139 e. The van der Waals surface area contributed by atoms with E-state index in [1.165, 1.54) is 16.6 Å². The predicted octanol–water partition coefficient (Wildman–Crippen LogP) is 5.41. The van der Waals surface area contributed by atoms with E-state index in [-0.39, 0.29) is 0 Å². The van der Waals surface area contributed by atoms with Crippen molar-refractivity contribution in [3.63, 3.8) is 0 Å². The fourth-order valence-corrected chi connectivity index (χ4v) is 3.97. The van der Waals surface area contributed by atoms with Crippen molar-refractivity contribution in [2.45, 2.75) is 0 Å². The van der Waals surface area contributed by atoms with E-state index in [0.717, 1.165) is 43.9 Å². The van der Waals surface area contributed by atoms with Gasteiger partial charge in [-0.25, -0.2) is 0 Å². The Balaban J connectivity index is 1.69. The molecule has 0 fully saturated rings. The molecular weight excluding hydrogens is 331 g/mol. The van der Waals surface area contributed by atoms with Gasteiger partial charge in [-0.1, -0.05) is 54.0 Å². The van der Waals surface area contributed by atoms with Gasteiger partial charge in [0.05, 0.1) is 0 Å². The van der Waals surface area contributed by atoms with Gasteiger partial charge in [0.15, 0.2) is 0 Å². The van der Waals surface area contributed by atoms with Crippen LogP contribution in [-0.2, 0) is 0 Å². The Bertz CT molecular complexity index is 1470. The molecule has 3 heteroatoms. The molecule has 6 rings (SSSR count). The molecule has 27 heavy (non-hydrogen) atoms. The minimum atomic E-state index is 0.860. The standard InChI is InChI=1S/C24H15BO2/c25-16-7-9-22-18(11-16)20-12-19-17-10-15(14-4-2-1-3-5-14)6-8-21(17)26-23(19)13-24(20)27-22/h1-13H,25H2. The number of rotatable bonds is 1. The molecule has 0 unspecified atom stereocenters. The van der Waals surface area contributed by atoms with Crippen LogP contribution in [0.25, 0.3) is 55.0 Å². The highest BCUT2D eigenvalue weighted by Crippen LogP contribution is 2.37. The smallest absolute Gasteiger partial charge is 0.139 e. The predicted molar refractivity (Wildman–Crippen MR) is 115 cm³/mol. The fourth-order valence-electron chi connectivity index (χ4n) is 3.97. The fraction of sp³-hybridized carbons (Fsp3) is 0. The first-order chi connectivity index (χ1) is 13.3. The van der Waals surface area contributed by atoms with E-state index < -0.39 is 0 Å². The second-order valence-corrected chi connectivity index (χ2v) is 7.13. The van der Waals surface area contributed by atoms with Gasteiger partial charge in [0.25, 0.3) is 0 Å². The summed E-state index contributed by atoms with van der Waals surface area (Å²) in [5.74, 6) is 0. The number of benzene rings is 4. The van der Waals surface area contributed by atoms with E-state index in [4.69, 9.17) is 8.83 Å². The van der Waals surface area contributed by atoms with Crippen LogP contribution in [0.4, 0.5) is 0 Å². The average Bonchev–Trinajstić information content (AvgIpc) is 3.23. The molecular formula is C24H15BO2. The molecule has 2 heterocycles. The first-order valence-corrected chi connectivity index (χ1v) is 9.11. The van der Waals surface area contributed by atoms with Gasteiger partial charge < -0.3 is 8.83 Å². The summed E-state index contributed by atoms with van der Waals surface area (Å²) in [6.07, 6.45) is 0. The van der Waals surface area contributed by atoms with Crippen LogP contribution in [-0.4, -0.2) is 7.85 Å². The molecule has 0 saturated heterocycles. The van der Waals surface area contributed by atoms with Crippen LogP contribution in [0.5, 0.6) is 0 Å². The maximum absolute atomic E-state index is 6.11. The van der Waals surface area contributed by atoms with Crippen LogP contribution in [0.1, 0.15) is 0 Å². The van der Waals surface area contributed by atoms with Gasteiger partial charge in [0.2, 0.25) is 0 Å². The van der Waals surface area contributed by atoms with Gasteiger partial charge in [-0.2, -0.15) is 0 Å². The minimum Gasteiger partial charge on any atom is -0.456 e. The van der Waals surface area contributed by atoms with Gasteiger partial charge in [0.1, 0.15) is 30.2 Å². The van der Waals surface area contributed by atoms with Gasteiger partial charge in [0, 0.05) is 27.6 Å². The molecule has 0 aliphatic rings.